The van der Waals surface area contributed by atoms with Gasteiger partial charge in [-0.05, 0) is 37.0 Å². The number of nitrogens with two attached hydrogens (primary N) is 1. The van der Waals surface area contributed by atoms with E-state index in [1.807, 2.05) is 24.3 Å². The number of carbonyl (C=O) groups is 1. The van der Waals surface area contributed by atoms with Crippen molar-refractivity contribution in [3.63, 3.8) is 0 Å². The normalized spacial score (nSPS) is 17.5. The largest absolute Gasteiger partial charge is 0.497 e. The van der Waals surface area contributed by atoms with Crippen molar-refractivity contribution in [1.29, 1.82) is 0 Å². The van der Waals surface area contributed by atoms with Gasteiger partial charge in [0.05, 0.1) is 13.2 Å². The van der Waals surface area contributed by atoms with Crippen molar-refractivity contribution in [3.8, 4) is 5.75 Å². The summed E-state index contributed by atoms with van der Waals surface area (Å²) in [7, 11) is 1.64. The van der Waals surface area contributed by atoms with E-state index in [0.29, 0.717) is 12.5 Å². The molecule has 4 nitrogen and oxygen atoms in total. The molecule has 2 rings (SSSR count). The molecule has 4 heteroatoms. The molecule has 1 saturated carbocycles. The number of benzene rings is 1. The van der Waals surface area contributed by atoms with E-state index in [2.05, 4.69) is 5.32 Å². The third-order valence-corrected chi connectivity index (χ3v) is 3.90. The first-order valence-corrected chi connectivity index (χ1v) is 7.38. The second-order valence-electron chi connectivity index (χ2n) is 5.50. The van der Waals surface area contributed by atoms with Crippen LogP contribution in [0.25, 0.3) is 0 Å². The van der Waals surface area contributed by atoms with Crippen LogP contribution in [0, 0.1) is 0 Å². The molecule has 20 heavy (non-hydrogen) atoms. The average molecular weight is 276 g/mol. The van der Waals surface area contributed by atoms with Crippen molar-refractivity contribution in [1.82, 2.24) is 5.32 Å². The van der Waals surface area contributed by atoms with Gasteiger partial charge in [-0.25, -0.2) is 0 Å². The van der Waals surface area contributed by atoms with Crippen LogP contribution < -0.4 is 15.8 Å². The van der Waals surface area contributed by atoms with Crippen molar-refractivity contribution in [3.05, 3.63) is 29.8 Å². The number of methoxy groups -OCH3 is 1. The van der Waals surface area contributed by atoms with E-state index in [-0.39, 0.29) is 5.91 Å². The lowest BCUT2D eigenvalue weighted by molar-refractivity contribution is -0.123. The highest BCUT2D eigenvalue weighted by Crippen LogP contribution is 2.17. The van der Waals surface area contributed by atoms with Gasteiger partial charge < -0.3 is 15.8 Å². The molecule has 0 heterocycles. The molecular formula is C16H24N2O2. The van der Waals surface area contributed by atoms with Gasteiger partial charge in [0.25, 0.3) is 0 Å². The molecular weight excluding hydrogens is 252 g/mol. The number of nitrogens with one attached hydrogen (secondary N) is 1. The van der Waals surface area contributed by atoms with Gasteiger partial charge >= 0.3 is 0 Å². The van der Waals surface area contributed by atoms with E-state index in [1.54, 1.807) is 7.11 Å². The Kier molecular flexibility index (Phi) is 5.41. The zero-order valence-corrected chi connectivity index (χ0v) is 12.1. The van der Waals surface area contributed by atoms with Gasteiger partial charge in [-0.3, -0.25) is 4.79 Å². The van der Waals surface area contributed by atoms with E-state index < -0.39 is 6.04 Å². The van der Waals surface area contributed by atoms with Crippen molar-refractivity contribution < 1.29 is 9.53 Å². The van der Waals surface area contributed by atoms with Gasteiger partial charge in [0.1, 0.15) is 5.75 Å². The molecule has 0 aromatic heterocycles. The van der Waals surface area contributed by atoms with Gasteiger partial charge in [0.15, 0.2) is 0 Å². The van der Waals surface area contributed by atoms with E-state index in [9.17, 15) is 4.79 Å². The van der Waals surface area contributed by atoms with Crippen LogP contribution >= 0.6 is 0 Å². The summed E-state index contributed by atoms with van der Waals surface area (Å²) in [5, 5.41) is 3.07. The fourth-order valence-electron chi connectivity index (χ4n) is 2.66. The Morgan fingerprint density at radius 2 is 1.95 bits per heavy atom. The summed E-state index contributed by atoms with van der Waals surface area (Å²) in [6, 6.07) is 7.52. The lowest BCUT2D eigenvalue weighted by Gasteiger charge is -2.24. The van der Waals surface area contributed by atoms with Crippen molar-refractivity contribution >= 4 is 5.91 Å². The Morgan fingerprint density at radius 3 is 2.55 bits per heavy atom. The van der Waals surface area contributed by atoms with Crippen LogP contribution in [0.3, 0.4) is 0 Å². The van der Waals surface area contributed by atoms with E-state index in [4.69, 9.17) is 10.5 Å². The summed E-state index contributed by atoms with van der Waals surface area (Å²) in [5.74, 6) is 0.779. The number of carbonyl (C=O) groups excluding carboxylic acids is 1. The summed E-state index contributed by atoms with van der Waals surface area (Å²) in [5.41, 5.74) is 7.05. The first-order chi connectivity index (χ1) is 9.69. The quantitative estimate of drug-likeness (QED) is 0.864. The summed E-state index contributed by atoms with van der Waals surface area (Å²) < 4.78 is 5.11. The third-order valence-electron chi connectivity index (χ3n) is 3.90. The molecule has 0 spiro atoms. The molecule has 1 aliphatic rings. The molecule has 1 atom stereocenters. The molecule has 0 radical (unpaired) electrons. The van der Waals surface area contributed by atoms with Gasteiger partial charge in [-0.2, -0.15) is 0 Å². The Hall–Kier alpha value is -1.55. The first kappa shape index (κ1) is 14.9. The average Bonchev–Trinajstić information content (AvgIpc) is 2.49. The summed E-state index contributed by atoms with van der Waals surface area (Å²) >= 11 is 0. The van der Waals surface area contributed by atoms with Crippen LogP contribution in [0.2, 0.25) is 0 Å². The van der Waals surface area contributed by atoms with Crippen LogP contribution in [0.4, 0.5) is 0 Å². The highest BCUT2D eigenvalue weighted by molar-refractivity contribution is 5.82. The number of hydrogen-bond acceptors (Lipinski definition) is 3. The highest BCUT2D eigenvalue weighted by Gasteiger charge is 2.20. The lowest BCUT2D eigenvalue weighted by Crippen LogP contribution is -2.46. The Balaban J connectivity index is 1.83. The predicted octanol–water partition coefficient (Wildman–Crippen LogP) is 2.01. The number of rotatable bonds is 5. The molecule has 1 aromatic rings. The maximum absolute atomic E-state index is 12.1. The molecule has 0 unspecified atom stereocenters. The van der Waals surface area contributed by atoms with Gasteiger partial charge in [0, 0.05) is 6.04 Å². The van der Waals surface area contributed by atoms with Crippen molar-refractivity contribution in [2.75, 3.05) is 7.11 Å². The highest BCUT2D eigenvalue weighted by atomic mass is 16.5. The van der Waals surface area contributed by atoms with Gasteiger partial charge in [-0.15, -0.1) is 0 Å². The van der Waals surface area contributed by atoms with Crippen LogP contribution in [-0.4, -0.2) is 25.1 Å². The minimum Gasteiger partial charge on any atom is -0.497 e. The summed E-state index contributed by atoms with van der Waals surface area (Å²) in [6.45, 7) is 0. The van der Waals surface area contributed by atoms with E-state index in [1.165, 1.54) is 19.3 Å². The molecule has 1 amide bonds. The Labute approximate surface area is 120 Å². The SMILES string of the molecule is COc1ccc(C[C@H](N)C(=O)NC2CCCCC2)cc1. The van der Waals surface area contributed by atoms with E-state index >= 15 is 0 Å². The molecule has 1 fully saturated rings. The Morgan fingerprint density at radius 1 is 1.30 bits per heavy atom. The van der Waals surface area contributed by atoms with Crippen LogP contribution in [0.5, 0.6) is 5.75 Å². The smallest absolute Gasteiger partial charge is 0.237 e. The third kappa shape index (κ3) is 4.23. The minimum absolute atomic E-state index is 0.0345. The molecule has 0 bridgehead atoms. The van der Waals surface area contributed by atoms with Crippen molar-refractivity contribution in [2.24, 2.45) is 5.73 Å². The fraction of sp³-hybridized carbons (Fsp3) is 0.562. The summed E-state index contributed by atoms with van der Waals surface area (Å²) in [6.07, 6.45) is 6.42. The maximum Gasteiger partial charge on any atom is 0.237 e. The molecule has 1 aromatic carbocycles. The van der Waals surface area contributed by atoms with Crippen LogP contribution in [0.15, 0.2) is 24.3 Å². The second kappa shape index (κ2) is 7.29. The fourth-order valence-corrected chi connectivity index (χ4v) is 2.66. The van der Waals surface area contributed by atoms with Crippen LogP contribution in [-0.2, 0) is 11.2 Å². The monoisotopic (exact) mass is 276 g/mol. The minimum atomic E-state index is -0.481. The summed E-state index contributed by atoms with van der Waals surface area (Å²) in [4.78, 5) is 12.1. The molecule has 110 valence electrons. The van der Waals surface area contributed by atoms with Gasteiger partial charge in [-0.1, -0.05) is 31.4 Å². The predicted molar refractivity (Wildman–Crippen MR) is 79.7 cm³/mol. The molecule has 0 aliphatic heterocycles. The maximum atomic E-state index is 12.1. The number of amides is 1. The number of ether oxygens (including phenoxy) is 1. The zero-order valence-electron chi connectivity index (χ0n) is 12.1. The molecule has 1 aliphatic carbocycles. The standard InChI is InChI=1S/C16H24N2O2/c1-20-14-9-7-12(8-10-14)11-15(17)16(19)18-13-5-3-2-4-6-13/h7-10,13,15H,2-6,11,17H2,1H3,(H,18,19)/t15-/m0/s1. The van der Waals surface area contributed by atoms with Crippen LogP contribution in [0.1, 0.15) is 37.7 Å². The topological polar surface area (TPSA) is 64.3 Å². The molecule has 0 saturated heterocycles. The lowest BCUT2D eigenvalue weighted by atomic mass is 9.95. The zero-order chi connectivity index (χ0) is 14.4. The molecule has 3 N–H and O–H groups in total. The Bertz CT molecular complexity index is 425. The first-order valence-electron chi connectivity index (χ1n) is 7.38. The second-order valence-corrected chi connectivity index (χ2v) is 5.50. The van der Waals surface area contributed by atoms with E-state index in [0.717, 1.165) is 24.2 Å². The van der Waals surface area contributed by atoms with Crippen molar-refractivity contribution in [2.45, 2.75) is 50.6 Å². The van der Waals surface area contributed by atoms with Gasteiger partial charge in [0.2, 0.25) is 5.91 Å². The number of hydrogen-bond donors (Lipinski definition) is 2.